The third-order valence-electron chi connectivity index (χ3n) is 31.3. The summed E-state index contributed by atoms with van der Waals surface area (Å²) in [5, 5.41) is 0.849. The number of alkyl halides is 2. The van der Waals surface area contributed by atoms with E-state index in [-0.39, 0.29) is 0 Å². The fourth-order valence-corrected chi connectivity index (χ4v) is 28.7. The maximum atomic E-state index is 7.03. The van der Waals surface area contributed by atoms with Crippen molar-refractivity contribution in [2.45, 2.75) is 321 Å². The van der Waals surface area contributed by atoms with Gasteiger partial charge in [-0.1, -0.05) is 81.1 Å². The SMILES string of the molecule is CC1(C)C2CCCCC2C2CCC(N(C3CCC(C4CCC(N(C5CCC6C7CCCCC7C(C)(C)C6C5)C5CCC6C7CCC(Cl)CC7C(C)(C)C6C5)CC4)CC3)C3CCC4C5CCC(Cl)CC5C(C)(C)C4C3)CC21. The molecule has 0 aliphatic heterocycles. The number of nitrogens with zero attached hydrogens (tertiary/aromatic N) is 2. The molecule has 14 aliphatic rings. The van der Waals surface area contributed by atoms with E-state index in [1.807, 2.05) is 0 Å². The predicted octanol–water partition coefficient (Wildman–Crippen LogP) is 19.7. The van der Waals surface area contributed by atoms with Gasteiger partial charge in [0, 0.05) is 47.0 Å². The van der Waals surface area contributed by atoms with E-state index in [1.54, 1.807) is 25.7 Å². The van der Waals surface area contributed by atoms with E-state index < -0.39 is 0 Å². The zero-order chi connectivity index (χ0) is 52.2. The van der Waals surface area contributed by atoms with Crippen molar-refractivity contribution in [1.82, 2.24) is 9.80 Å². The van der Waals surface area contributed by atoms with Crippen molar-refractivity contribution in [3.05, 3.63) is 0 Å². The van der Waals surface area contributed by atoms with Gasteiger partial charge >= 0.3 is 0 Å². The molecule has 0 N–H and O–H groups in total. The van der Waals surface area contributed by atoms with E-state index in [2.05, 4.69) is 65.2 Å². The molecule has 22 atom stereocenters. The highest BCUT2D eigenvalue weighted by Gasteiger charge is 2.63. The third kappa shape index (κ3) is 8.91. The van der Waals surface area contributed by atoms with E-state index in [1.165, 1.54) is 193 Å². The maximum Gasteiger partial charge on any atom is 0.0339 e. The lowest BCUT2D eigenvalue weighted by molar-refractivity contribution is -0.0464. The van der Waals surface area contributed by atoms with Crippen LogP contribution in [0.3, 0.4) is 0 Å². The van der Waals surface area contributed by atoms with Gasteiger partial charge in [0.05, 0.1) is 0 Å². The molecule has 0 radical (unpaired) electrons. The first-order valence-corrected chi connectivity index (χ1v) is 36.2. The fourth-order valence-electron chi connectivity index (χ4n) is 28.1. The molecule has 22 unspecified atom stereocenters. The summed E-state index contributed by atoms with van der Waals surface area (Å²) in [6.45, 7) is 22.0. The van der Waals surface area contributed by atoms with Gasteiger partial charge in [-0.3, -0.25) is 9.80 Å². The Bertz CT molecular complexity index is 1880. The molecule has 14 aliphatic carbocycles. The Labute approximate surface area is 479 Å². The van der Waals surface area contributed by atoms with Crippen LogP contribution in [0.4, 0.5) is 0 Å². The van der Waals surface area contributed by atoms with Crippen molar-refractivity contribution in [2.75, 3.05) is 0 Å². The van der Waals surface area contributed by atoms with Crippen LogP contribution in [-0.2, 0) is 0 Å². The minimum Gasteiger partial charge on any atom is -0.294 e. The highest BCUT2D eigenvalue weighted by Crippen LogP contribution is 2.69. The van der Waals surface area contributed by atoms with Crippen LogP contribution in [-0.4, -0.2) is 56.8 Å². The number of hydrogen-bond donors (Lipinski definition) is 0. The molecule has 14 saturated carbocycles. The summed E-state index contributed by atoms with van der Waals surface area (Å²) in [6.07, 6.45) is 50.7. The summed E-state index contributed by atoms with van der Waals surface area (Å²) >= 11 is 14.1. The number of fused-ring (bicyclic) bond motifs is 12. The topological polar surface area (TPSA) is 6.48 Å². The second kappa shape index (κ2) is 20.6. The van der Waals surface area contributed by atoms with Crippen molar-refractivity contribution in [3.63, 3.8) is 0 Å². The molecule has 2 nitrogen and oxygen atoms in total. The predicted molar refractivity (Wildman–Crippen MR) is 321 cm³/mol. The second-order valence-corrected chi connectivity index (χ2v) is 36.0. The van der Waals surface area contributed by atoms with Gasteiger partial charge in [0.2, 0.25) is 0 Å². The Balaban J connectivity index is 0.679. The van der Waals surface area contributed by atoms with Crippen LogP contribution < -0.4 is 0 Å². The zero-order valence-corrected chi connectivity index (χ0v) is 52.2. The molecule has 0 aromatic heterocycles. The average molecular weight is 1080 g/mol. The van der Waals surface area contributed by atoms with Crippen LogP contribution in [0.5, 0.6) is 0 Å². The van der Waals surface area contributed by atoms with E-state index >= 15 is 0 Å². The van der Waals surface area contributed by atoms with Crippen molar-refractivity contribution in [3.8, 4) is 0 Å². The highest BCUT2D eigenvalue weighted by atomic mass is 35.5. The van der Waals surface area contributed by atoms with Gasteiger partial charge < -0.3 is 0 Å². The van der Waals surface area contributed by atoms with Gasteiger partial charge in [0.15, 0.2) is 0 Å². The van der Waals surface area contributed by atoms with Crippen LogP contribution >= 0.6 is 23.2 Å². The summed E-state index contributed by atoms with van der Waals surface area (Å²) < 4.78 is 0. The Morgan fingerprint density at radius 1 is 0.237 bits per heavy atom. The zero-order valence-electron chi connectivity index (χ0n) is 50.7. The molecule has 14 fully saturated rings. The highest BCUT2D eigenvalue weighted by molar-refractivity contribution is 6.20. The van der Waals surface area contributed by atoms with Gasteiger partial charge in [0.1, 0.15) is 0 Å². The molecular weight excluding hydrogens is 964 g/mol. The number of hydrogen-bond acceptors (Lipinski definition) is 2. The summed E-state index contributed by atoms with van der Waals surface area (Å²) in [7, 11) is 0. The Morgan fingerprint density at radius 3 is 0.789 bits per heavy atom. The summed E-state index contributed by atoms with van der Waals surface area (Å²) in [5.74, 6) is 17.4. The maximum absolute atomic E-state index is 7.03. The first-order valence-electron chi connectivity index (χ1n) is 35.3. The molecular formula is C72H118Cl2N2. The van der Waals surface area contributed by atoms with Gasteiger partial charge in [-0.05, 0) is 321 Å². The molecule has 76 heavy (non-hydrogen) atoms. The minimum absolute atomic E-state index is 0.425. The second-order valence-electron chi connectivity index (χ2n) is 34.7. The van der Waals surface area contributed by atoms with Gasteiger partial charge in [0.25, 0.3) is 0 Å². The standard InChI is InChI=1S/C72H118Cl2N2/c1-69(2)61-15-11-9-13-53(61)57-33-27-49(39-65(57)69)75(51-29-35-59-55-31-21-45(73)37-63(55)71(5,6)67(59)41-51)47-23-17-43(18-24-47)44-19-25-48(26-20-44)76(50-28-34-58-54-14-10-12-16-62(54)70(3,4)66(58)40-50)52-30-36-60-56-32-22-46(74)38-64(56)72(7,8)68(60)42-52/h43-68H,9-42H2,1-8H3. The van der Waals surface area contributed by atoms with Crippen LogP contribution in [0.2, 0.25) is 0 Å². The summed E-state index contributed by atoms with van der Waals surface area (Å²) in [4.78, 5) is 6.88. The van der Waals surface area contributed by atoms with Crippen LogP contribution in [0.1, 0.15) is 274 Å². The average Bonchev–Trinajstić information content (AvgIpc) is 4.09. The Hall–Kier alpha value is 0.500. The van der Waals surface area contributed by atoms with Crippen molar-refractivity contribution >= 4 is 23.2 Å². The van der Waals surface area contributed by atoms with Crippen LogP contribution in [0.25, 0.3) is 0 Å². The van der Waals surface area contributed by atoms with Gasteiger partial charge in [-0.15, -0.1) is 23.2 Å². The Morgan fingerprint density at radius 2 is 0.474 bits per heavy atom. The van der Waals surface area contributed by atoms with Crippen LogP contribution in [0.15, 0.2) is 0 Å². The normalized spacial score (nSPS) is 53.8. The molecule has 0 amide bonds. The largest absolute Gasteiger partial charge is 0.294 e. The molecule has 0 heterocycles. The molecule has 4 heteroatoms. The van der Waals surface area contributed by atoms with Crippen molar-refractivity contribution < 1.29 is 0 Å². The van der Waals surface area contributed by atoms with Crippen LogP contribution in [0, 0.1) is 128 Å². The lowest BCUT2D eigenvalue weighted by Crippen LogP contribution is -2.56. The van der Waals surface area contributed by atoms with E-state index in [0.717, 1.165) is 143 Å². The molecule has 0 bridgehead atoms. The lowest BCUT2D eigenvalue weighted by Gasteiger charge is -2.54. The molecule has 0 aromatic rings. The minimum atomic E-state index is 0.425. The van der Waals surface area contributed by atoms with Crippen molar-refractivity contribution in [2.24, 2.45) is 128 Å². The molecule has 0 saturated heterocycles. The summed E-state index contributed by atoms with van der Waals surface area (Å²) in [5.41, 5.74) is 1.97. The van der Waals surface area contributed by atoms with Gasteiger partial charge in [-0.2, -0.15) is 0 Å². The molecule has 0 aromatic carbocycles. The monoisotopic (exact) mass is 1080 g/mol. The first kappa shape index (κ1) is 54.4. The fraction of sp³-hybridized carbons (Fsp3) is 1.00. The molecule has 0 spiro atoms. The van der Waals surface area contributed by atoms with Crippen molar-refractivity contribution in [1.29, 1.82) is 0 Å². The van der Waals surface area contributed by atoms with E-state index in [4.69, 9.17) is 23.2 Å². The van der Waals surface area contributed by atoms with Gasteiger partial charge in [-0.25, -0.2) is 0 Å². The van der Waals surface area contributed by atoms with E-state index in [9.17, 15) is 0 Å². The quantitative estimate of drug-likeness (QED) is 0.235. The lowest BCUT2D eigenvalue weighted by atomic mass is 9.64. The number of rotatable bonds is 7. The Kier molecular flexibility index (Phi) is 14.8. The summed E-state index contributed by atoms with van der Waals surface area (Å²) in [6, 6.07) is 5.00. The molecule has 14 rings (SSSR count). The number of halogens is 2. The third-order valence-corrected chi connectivity index (χ3v) is 32.1. The molecule has 430 valence electrons. The smallest absolute Gasteiger partial charge is 0.0339 e. The van der Waals surface area contributed by atoms with E-state index in [0.29, 0.717) is 32.4 Å². The first-order chi connectivity index (χ1) is 36.5.